The molecule has 0 radical (unpaired) electrons. The molecule has 2 aliphatic rings. The summed E-state index contributed by atoms with van der Waals surface area (Å²) in [5.41, 5.74) is 2.12. The highest BCUT2D eigenvalue weighted by Crippen LogP contribution is 2.32. The average Bonchev–Trinajstić information content (AvgIpc) is 3.17. The zero-order valence-electron chi connectivity index (χ0n) is 17.4. The molecule has 0 atom stereocenters. The van der Waals surface area contributed by atoms with Crippen molar-refractivity contribution in [1.82, 2.24) is 9.29 Å². The molecule has 1 fully saturated rings. The molecule has 2 aromatic rings. The number of aromatic nitrogens is 1. The van der Waals surface area contributed by atoms with E-state index >= 15 is 0 Å². The lowest BCUT2D eigenvalue weighted by atomic mass is 10.1. The topological polar surface area (TPSA) is 79.8 Å². The molecular formula is C22H27N3O4S. The van der Waals surface area contributed by atoms with E-state index in [9.17, 15) is 13.2 Å². The van der Waals surface area contributed by atoms with E-state index in [1.54, 1.807) is 39.5 Å². The summed E-state index contributed by atoms with van der Waals surface area (Å²) in [6, 6.07) is 8.50. The van der Waals surface area contributed by atoms with Gasteiger partial charge >= 0.3 is 0 Å². The molecule has 1 saturated heterocycles. The summed E-state index contributed by atoms with van der Waals surface area (Å²) in [6.07, 6.45) is 5.05. The summed E-state index contributed by atoms with van der Waals surface area (Å²) < 4.78 is 33.0. The Morgan fingerprint density at radius 2 is 1.83 bits per heavy atom. The van der Waals surface area contributed by atoms with Crippen LogP contribution in [0, 0.1) is 0 Å². The maximum absolute atomic E-state index is 13.0. The van der Waals surface area contributed by atoms with Gasteiger partial charge in [0.25, 0.3) is 5.91 Å². The number of fused-ring (bicyclic) bond motifs is 1. The molecule has 0 aliphatic carbocycles. The quantitative estimate of drug-likeness (QED) is 0.729. The number of anilines is 1. The number of amides is 1. The van der Waals surface area contributed by atoms with Crippen molar-refractivity contribution in [1.29, 1.82) is 0 Å². The van der Waals surface area contributed by atoms with Gasteiger partial charge in [-0.15, -0.1) is 0 Å². The minimum Gasteiger partial charge on any atom is -0.475 e. The summed E-state index contributed by atoms with van der Waals surface area (Å²) in [7, 11) is -3.48. The smallest absolute Gasteiger partial charge is 0.259 e. The minimum atomic E-state index is -3.48. The zero-order valence-corrected chi connectivity index (χ0v) is 18.2. The Kier molecular flexibility index (Phi) is 5.79. The van der Waals surface area contributed by atoms with Gasteiger partial charge in [-0.1, -0.05) is 6.42 Å². The van der Waals surface area contributed by atoms with Gasteiger partial charge in [0.2, 0.25) is 15.9 Å². The Bertz CT molecular complexity index is 1030. The highest BCUT2D eigenvalue weighted by atomic mass is 32.2. The molecule has 30 heavy (non-hydrogen) atoms. The predicted molar refractivity (Wildman–Crippen MR) is 114 cm³/mol. The van der Waals surface area contributed by atoms with Crippen LogP contribution in [0.25, 0.3) is 0 Å². The van der Waals surface area contributed by atoms with E-state index < -0.39 is 10.0 Å². The Labute approximate surface area is 177 Å². The van der Waals surface area contributed by atoms with Gasteiger partial charge in [0.05, 0.1) is 16.6 Å². The van der Waals surface area contributed by atoms with Gasteiger partial charge < -0.3 is 9.64 Å². The molecule has 1 aromatic carbocycles. The first-order valence-electron chi connectivity index (χ1n) is 10.4. The van der Waals surface area contributed by atoms with Crippen LogP contribution in [-0.2, 0) is 16.4 Å². The molecule has 0 unspecified atom stereocenters. The molecule has 160 valence electrons. The first kappa shape index (κ1) is 20.8. The number of hydrogen-bond donors (Lipinski definition) is 0. The van der Waals surface area contributed by atoms with Crippen molar-refractivity contribution in [3.8, 4) is 5.88 Å². The van der Waals surface area contributed by atoms with Gasteiger partial charge in [-0.2, -0.15) is 4.31 Å². The molecule has 8 heteroatoms. The third-order valence-electron chi connectivity index (χ3n) is 5.48. The van der Waals surface area contributed by atoms with E-state index in [2.05, 4.69) is 4.98 Å². The summed E-state index contributed by atoms with van der Waals surface area (Å²) in [4.78, 5) is 19.2. The molecule has 4 rings (SSSR count). The van der Waals surface area contributed by atoms with Gasteiger partial charge in [-0.3, -0.25) is 4.79 Å². The van der Waals surface area contributed by atoms with Crippen LogP contribution in [0.2, 0.25) is 0 Å². The number of sulfonamides is 1. The largest absolute Gasteiger partial charge is 0.475 e. The minimum absolute atomic E-state index is 0.0138. The number of pyridine rings is 1. The van der Waals surface area contributed by atoms with E-state index in [1.807, 2.05) is 13.8 Å². The van der Waals surface area contributed by atoms with E-state index in [-0.39, 0.29) is 12.0 Å². The van der Waals surface area contributed by atoms with Crippen molar-refractivity contribution in [2.24, 2.45) is 0 Å². The Hall–Kier alpha value is -2.45. The van der Waals surface area contributed by atoms with E-state index in [4.69, 9.17) is 4.74 Å². The Balaban J connectivity index is 1.54. The second kappa shape index (κ2) is 8.35. The molecule has 0 N–H and O–H groups in total. The number of carbonyl (C=O) groups excluding carboxylic acids is 1. The normalized spacial score (nSPS) is 17.2. The van der Waals surface area contributed by atoms with Gasteiger partial charge in [0.1, 0.15) is 0 Å². The van der Waals surface area contributed by atoms with Crippen molar-refractivity contribution >= 4 is 21.6 Å². The lowest BCUT2D eigenvalue weighted by molar-refractivity contribution is 0.0989. The molecule has 1 amide bonds. The van der Waals surface area contributed by atoms with Crippen LogP contribution >= 0.6 is 0 Å². The van der Waals surface area contributed by atoms with Crippen molar-refractivity contribution in [2.75, 3.05) is 24.5 Å². The number of hydrogen-bond acceptors (Lipinski definition) is 5. The molecule has 0 spiro atoms. The lowest BCUT2D eigenvalue weighted by Crippen LogP contribution is -2.35. The lowest BCUT2D eigenvalue weighted by Gasteiger charge is -2.26. The van der Waals surface area contributed by atoms with Crippen LogP contribution in [0.4, 0.5) is 5.69 Å². The first-order valence-corrected chi connectivity index (χ1v) is 11.9. The third kappa shape index (κ3) is 4.06. The van der Waals surface area contributed by atoms with Crippen LogP contribution in [0.1, 0.15) is 49.0 Å². The van der Waals surface area contributed by atoms with E-state index in [1.165, 1.54) is 6.20 Å². The summed E-state index contributed by atoms with van der Waals surface area (Å²) >= 11 is 0. The summed E-state index contributed by atoms with van der Waals surface area (Å²) in [5, 5.41) is 0. The maximum Gasteiger partial charge on any atom is 0.259 e. The fourth-order valence-corrected chi connectivity index (χ4v) is 5.55. The second-order valence-electron chi connectivity index (χ2n) is 8.01. The molecule has 2 aliphatic heterocycles. The summed E-state index contributed by atoms with van der Waals surface area (Å²) in [6.45, 7) is 5.51. The SMILES string of the molecule is CC(C)Oc1ccc(C(=O)N2CCc3cc(S(=O)(=O)N4CCCCC4)ccc32)cn1. The summed E-state index contributed by atoms with van der Waals surface area (Å²) in [5.74, 6) is 0.333. The van der Waals surface area contributed by atoms with E-state index in [0.717, 1.165) is 30.5 Å². The fourth-order valence-electron chi connectivity index (χ4n) is 3.98. The van der Waals surface area contributed by atoms with Gasteiger partial charge in [-0.25, -0.2) is 13.4 Å². The van der Waals surface area contributed by atoms with Crippen LogP contribution in [-0.4, -0.2) is 49.4 Å². The van der Waals surface area contributed by atoms with Gasteiger partial charge in [-0.05, 0) is 62.9 Å². The van der Waals surface area contributed by atoms with Crippen LogP contribution in [0.3, 0.4) is 0 Å². The number of nitrogens with zero attached hydrogens (tertiary/aromatic N) is 3. The molecule has 7 nitrogen and oxygen atoms in total. The number of carbonyl (C=O) groups is 1. The Morgan fingerprint density at radius 3 is 2.50 bits per heavy atom. The van der Waals surface area contributed by atoms with Crippen molar-refractivity contribution in [3.63, 3.8) is 0 Å². The van der Waals surface area contributed by atoms with Crippen LogP contribution < -0.4 is 9.64 Å². The monoisotopic (exact) mass is 429 g/mol. The van der Waals surface area contributed by atoms with Gasteiger partial charge in [0, 0.05) is 37.6 Å². The van der Waals surface area contributed by atoms with Crippen molar-refractivity contribution in [2.45, 2.75) is 50.5 Å². The number of rotatable bonds is 5. The zero-order chi connectivity index (χ0) is 21.3. The second-order valence-corrected chi connectivity index (χ2v) is 9.95. The number of ether oxygens (including phenoxy) is 1. The number of piperidine rings is 1. The highest BCUT2D eigenvalue weighted by Gasteiger charge is 2.30. The van der Waals surface area contributed by atoms with Gasteiger partial charge in [0.15, 0.2) is 0 Å². The number of benzene rings is 1. The molecule has 0 saturated carbocycles. The van der Waals surface area contributed by atoms with Crippen LogP contribution in [0.15, 0.2) is 41.4 Å². The predicted octanol–water partition coefficient (Wildman–Crippen LogP) is 3.25. The molecule has 1 aromatic heterocycles. The van der Waals surface area contributed by atoms with Crippen molar-refractivity contribution < 1.29 is 17.9 Å². The average molecular weight is 430 g/mol. The molecule has 0 bridgehead atoms. The van der Waals surface area contributed by atoms with E-state index in [0.29, 0.717) is 42.4 Å². The molecular weight excluding hydrogens is 402 g/mol. The molecule has 3 heterocycles. The standard InChI is InChI=1S/C22H27N3O4S/c1-16(2)29-21-9-6-18(15-23-21)22(26)25-13-10-17-14-19(7-8-20(17)25)30(27,28)24-11-4-3-5-12-24/h6-9,14-16H,3-5,10-13H2,1-2H3. The van der Waals surface area contributed by atoms with Crippen LogP contribution in [0.5, 0.6) is 5.88 Å². The van der Waals surface area contributed by atoms with Crippen molar-refractivity contribution in [3.05, 3.63) is 47.7 Å². The first-order chi connectivity index (χ1) is 14.4. The third-order valence-corrected chi connectivity index (χ3v) is 7.38. The Morgan fingerprint density at radius 1 is 1.07 bits per heavy atom. The fraction of sp³-hybridized carbons (Fsp3) is 0.455. The highest BCUT2D eigenvalue weighted by molar-refractivity contribution is 7.89. The maximum atomic E-state index is 13.0.